The minimum atomic E-state index is -0.0695. The van der Waals surface area contributed by atoms with E-state index in [9.17, 15) is 4.79 Å². The number of hydrogen-bond donors (Lipinski definition) is 1. The first-order valence-electron chi connectivity index (χ1n) is 7.20. The molecule has 0 unspecified atom stereocenters. The summed E-state index contributed by atoms with van der Waals surface area (Å²) in [5.41, 5.74) is 1.48. The number of anilines is 2. The molecule has 114 valence electrons. The van der Waals surface area contributed by atoms with Gasteiger partial charge in [0.05, 0.1) is 24.6 Å². The maximum atomic E-state index is 12.4. The first-order valence-corrected chi connectivity index (χ1v) is 7.20. The second kappa shape index (κ2) is 5.48. The highest BCUT2D eigenvalue weighted by Crippen LogP contribution is 2.30. The van der Waals surface area contributed by atoms with Crippen LogP contribution in [0, 0.1) is 18.8 Å². The summed E-state index contributed by atoms with van der Waals surface area (Å²) in [4.78, 5) is 16.1. The van der Waals surface area contributed by atoms with Crippen molar-refractivity contribution in [2.45, 2.75) is 6.92 Å². The van der Waals surface area contributed by atoms with Gasteiger partial charge in [0.1, 0.15) is 0 Å². The lowest BCUT2D eigenvalue weighted by atomic mass is 10.0. The zero-order chi connectivity index (χ0) is 15.0. The molecule has 2 atom stereocenters. The standard InChI is InChI=1S/C14H21N5O2/c1-9-4-12(13(17-16-9)18(2)3)15-14(20)19-5-10-7-21-8-11(10)6-19/h4,10-11H,5-8H2,1-3H3,(H,15,16,20)/t10-,11+. The van der Waals surface area contributed by atoms with Gasteiger partial charge < -0.3 is 19.9 Å². The van der Waals surface area contributed by atoms with Gasteiger partial charge in [0, 0.05) is 39.0 Å². The van der Waals surface area contributed by atoms with Crippen LogP contribution in [0.3, 0.4) is 0 Å². The molecular weight excluding hydrogens is 270 g/mol. The van der Waals surface area contributed by atoms with Crippen molar-refractivity contribution >= 4 is 17.5 Å². The van der Waals surface area contributed by atoms with Crippen LogP contribution in [0.25, 0.3) is 0 Å². The summed E-state index contributed by atoms with van der Waals surface area (Å²) in [5, 5.41) is 11.1. The Labute approximate surface area is 124 Å². The molecule has 1 aromatic rings. The van der Waals surface area contributed by atoms with Gasteiger partial charge in [-0.1, -0.05) is 0 Å². The molecule has 21 heavy (non-hydrogen) atoms. The highest BCUT2D eigenvalue weighted by molar-refractivity contribution is 5.92. The van der Waals surface area contributed by atoms with E-state index in [0.29, 0.717) is 23.3 Å². The van der Waals surface area contributed by atoms with Crippen molar-refractivity contribution < 1.29 is 9.53 Å². The van der Waals surface area contributed by atoms with Crippen molar-refractivity contribution in [3.8, 4) is 0 Å². The molecule has 2 aliphatic heterocycles. The smallest absolute Gasteiger partial charge is 0.321 e. The van der Waals surface area contributed by atoms with Crippen LogP contribution in [-0.2, 0) is 4.74 Å². The number of nitrogens with zero attached hydrogens (tertiary/aromatic N) is 4. The summed E-state index contributed by atoms with van der Waals surface area (Å²) in [6, 6.07) is 1.78. The fourth-order valence-corrected chi connectivity index (χ4v) is 2.95. The second-order valence-electron chi connectivity index (χ2n) is 6.01. The van der Waals surface area contributed by atoms with Crippen LogP contribution >= 0.6 is 0 Å². The fraction of sp³-hybridized carbons (Fsp3) is 0.643. The van der Waals surface area contributed by atoms with Crippen LogP contribution in [0.2, 0.25) is 0 Å². The van der Waals surface area contributed by atoms with Gasteiger partial charge in [0.2, 0.25) is 0 Å². The third-order valence-corrected chi connectivity index (χ3v) is 4.09. The van der Waals surface area contributed by atoms with Gasteiger partial charge in [-0.2, -0.15) is 5.10 Å². The van der Waals surface area contributed by atoms with Crippen molar-refractivity contribution in [2.24, 2.45) is 11.8 Å². The Morgan fingerprint density at radius 3 is 2.62 bits per heavy atom. The van der Waals surface area contributed by atoms with E-state index >= 15 is 0 Å². The molecular formula is C14H21N5O2. The number of ether oxygens (including phenoxy) is 1. The molecule has 0 aromatic carbocycles. The quantitative estimate of drug-likeness (QED) is 0.879. The Bertz CT molecular complexity index is 536. The zero-order valence-corrected chi connectivity index (χ0v) is 12.7. The summed E-state index contributed by atoms with van der Waals surface area (Å²) in [6.07, 6.45) is 0. The third kappa shape index (κ3) is 2.78. The third-order valence-electron chi connectivity index (χ3n) is 4.09. The molecule has 0 radical (unpaired) electrons. The van der Waals surface area contributed by atoms with Crippen molar-refractivity contribution in [1.82, 2.24) is 15.1 Å². The van der Waals surface area contributed by atoms with Gasteiger partial charge in [0.15, 0.2) is 5.82 Å². The SMILES string of the molecule is Cc1cc(NC(=O)N2C[C@H]3COC[C@H]3C2)c(N(C)C)nn1. The first kappa shape index (κ1) is 14.1. The largest absolute Gasteiger partial charge is 0.381 e. The van der Waals surface area contributed by atoms with E-state index in [1.807, 2.05) is 36.9 Å². The molecule has 3 heterocycles. The molecule has 1 aromatic heterocycles. The Hall–Kier alpha value is -1.89. The minimum absolute atomic E-state index is 0.0695. The minimum Gasteiger partial charge on any atom is -0.381 e. The number of nitrogens with one attached hydrogen (secondary N) is 1. The zero-order valence-electron chi connectivity index (χ0n) is 12.7. The number of hydrogen-bond acceptors (Lipinski definition) is 5. The molecule has 3 rings (SSSR count). The van der Waals surface area contributed by atoms with Crippen molar-refractivity contribution in [3.05, 3.63) is 11.8 Å². The topological polar surface area (TPSA) is 70.6 Å². The van der Waals surface area contributed by atoms with E-state index in [1.54, 1.807) is 0 Å². The van der Waals surface area contributed by atoms with Crippen LogP contribution < -0.4 is 10.2 Å². The molecule has 2 amide bonds. The van der Waals surface area contributed by atoms with Gasteiger partial charge in [0.25, 0.3) is 0 Å². The summed E-state index contributed by atoms with van der Waals surface area (Å²) >= 11 is 0. The maximum absolute atomic E-state index is 12.4. The van der Waals surface area contributed by atoms with E-state index in [1.165, 1.54) is 0 Å². The average Bonchev–Trinajstić information content (AvgIpc) is 2.98. The highest BCUT2D eigenvalue weighted by atomic mass is 16.5. The van der Waals surface area contributed by atoms with Crippen molar-refractivity contribution in [2.75, 3.05) is 50.6 Å². The second-order valence-corrected chi connectivity index (χ2v) is 6.01. The summed E-state index contributed by atoms with van der Waals surface area (Å²) < 4.78 is 5.44. The molecule has 7 nitrogen and oxygen atoms in total. The van der Waals surface area contributed by atoms with Crippen LogP contribution in [0.5, 0.6) is 0 Å². The molecule has 2 fully saturated rings. The van der Waals surface area contributed by atoms with E-state index < -0.39 is 0 Å². The van der Waals surface area contributed by atoms with Crippen LogP contribution in [0.1, 0.15) is 5.69 Å². The molecule has 0 bridgehead atoms. The molecule has 1 N–H and O–H groups in total. The normalized spacial score (nSPS) is 24.0. The molecule has 0 spiro atoms. The predicted molar refractivity (Wildman–Crippen MR) is 79.5 cm³/mol. The number of rotatable bonds is 2. The number of carbonyl (C=O) groups excluding carboxylic acids is 1. The summed E-state index contributed by atoms with van der Waals surface area (Å²) in [5.74, 6) is 1.64. The molecule has 0 saturated carbocycles. The predicted octanol–water partition coefficient (Wildman–Crippen LogP) is 0.961. The number of carbonyl (C=O) groups is 1. The number of amides is 2. The van der Waals surface area contributed by atoms with Crippen LogP contribution in [0.15, 0.2) is 6.07 Å². The summed E-state index contributed by atoms with van der Waals surface area (Å²) in [7, 11) is 3.76. The van der Waals surface area contributed by atoms with E-state index in [2.05, 4.69) is 15.5 Å². The van der Waals surface area contributed by atoms with Gasteiger partial charge in [-0.25, -0.2) is 4.79 Å². The van der Waals surface area contributed by atoms with Crippen LogP contribution in [0.4, 0.5) is 16.3 Å². The maximum Gasteiger partial charge on any atom is 0.321 e. The number of aryl methyl sites for hydroxylation is 1. The lowest BCUT2D eigenvalue weighted by Gasteiger charge is -2.21. The molecule has 2 aliphatic rings. The Balaban J connectivity index is 1.72. The molecule has 2 saturated heterocycles. The average molecular weight is 291 g/mol. The van der Waals surface area contributed by atoms with Gasteiger partial charge in [-0.15, -0.1) is 5.10 Å². The van der Waals surface area contributed by atoms with Gasteiger partial charge in [-0.3, -0.25) is 0 Å². The number of likely N-dealkylation sites (tertiary alicyclic amines) is 1. The van der Waals surface area contributed by atoms with E-state index in [4.69, 9.17) is 4.74 Å². The summed E-state index contributed by atoms with van der Waals surface area (Å²) in [6.45, 7) is 4.94. The first-order chi connectivity index (χ1) is 10.0. The van der Waals surface area contributed by atoms with E-state index in [0.717, 1.165) is 32.0 Å². The molecule has 0 aliphatic carbocycles. The van der Waals surface area contributed by atoms with Crippen molar-refractivity contribution in [3.63, 3.8) is 0 Å². The fourth-order valence-electron chi connectivity index (χ4n) is 2.95. The Morgan fingerprint density at radius 2 is 2.00 bits per heavy atom. The van der Waals surface area contributed by atoms with Gasteiger partial charge in [-0.05, 0) is 13.0 Å². The van der Waals surface area contributed by atoms with Gasteiger partial charge >= 0.3 is 6.03 Å². The number of aromatic nitrogens is 2. The Kier molecular flexibility index (Phi) is 3.67. The highest BCUT2D eigenvalue weighted by Gasteiger charge is 2.39. The van der Waals surface area contributed by atoms with Crippen molar-refractivity contribution in [1.29, 1.82) is 0 Å². The van der Waals surface area contributed by atoms with Crippen LogP contribution in [-0.4, -0.2) is 61.5 Å². The number of urea groups is 1. The lowest BCUT2D eigenvalue weighted by molar-refractivity contribution is 0.158. The van der Waals surface area contributed by atoms with E-state index in [-0.39, 0.29) is 6.03 Å². The lowest BCUT2D eigenvalue weighted by Crippen LogP contribution is -2.34. The Morgan fingerprint density at radius 1 is 1.33 bits per heavy atom. The number of fused-ring (bicyclic) bond motifs is 1. The molecule has 7 heteroatoms. The monoisotopic (exact) mass is 291 g/mol.